The average Bonchev–Trinajstić information content (AvgIpc) is 2.86. The van der Waals surface area contributed by atoms with Gasteiger partial charge in [0.2, 0.25) is 0 Å². The van der Waals surface area contributed by atoms with E-state index in [1.54, 1.807) is 0 Å². The minimum Gasteiger partial charge on any atom is -0.308 e. The Morgan fingerprint density at radius 1 is 1.25 bits per heavy atom. The molecule has 3 nitrogen and oxygen atoms in total. The molecule has 0 amide bonds. The summed E-state index contributed by atoms with van der Waals surface area (Å²) in [6.07, 6.45) is 8.72. The van der Waals surface area contributed by atoms with Crippen LogP contribution in [0.5, 0.6) is 0 Å². The zero-order valence-electron chi connectivity index (χ0n) is 13.6. The Morgan fingerprint density at radius 3 is 2.40 bits per heavy atom. The summed E-state index contributed by atoms with van der Waals surface area (Å²) in [5.74, 6) is 2.53. The second-order valence-corrected chi connectivity index (χ2v) is 6.76. The van der Waals surface area contributed by atoms with E-state index in [9.17, 15) is 0 Å². The highest BCUT2D eigenvalue weighted by Gasteiger charge is 2.30. The first kappa shape index (κ1) is 15.6. The molecule has 1 saturated carbocycles. The molecule has 1 heterocycles. The monoisotopic (exact) mass is 277 g/mol. The van der Waals surface area contributed by atoms with E-state index in [4.69, 9.17) is 0 Å². The predicted octanol–water partition coefficient (Wildman–Crippen LogP) is 3.92. The summed E-state index contributed by atoms with van der Waals surface area (Å²) < 4.78 is 1.93. The molecule has 1 fully saturated rings. The van der Waals surface area contributed by atoms with Gasteiger partial charge in [-0.3, -0.25) is 4.68 Å². The maximum absolute atomic E-state index is 4.65. The van der Waals surface area contributed by atoms with Gasteiger partial charge in [0.1, 0.15) is 0 Å². The third-order valence-electron chi connectivity index (χ3n) is 4.90. The summed E-state index contributed by atoms with van der Waals surface area (Å²) in [6.45, 7) is 8.07. The largest absolute Gasteiger partial charge is 0.308 e. The molecule has 114 valence electrons. The number of aromatic nitrogens is 2. The highest BCUT2D eigenvalue weighted by atomic mass is 15.3. The van der Waals surface area contributed by atoms with Crippen molar-refractivity contribution in [1.29, 1.82) is 0 Å². The SMILES string of the molecule is CCCNC(c1ccn(C)n1)C1CCC(C(C)C)CC1. The highest BCUT2D eigenvalue weighted by Crippen LogP contribution is 2.38. The zero-order valence-corrected chi connectivity index (χ0v) is 13.6. The van der Waals surface area contributed by atoms with Crippen LogP contribution in [0.2, 0.25) is 0 Å². The van der Waals surface area contributed by atoms with Gasteiger partial charge in [0.15, 0.2) is 0 Å². The minimum atomic E-state index is 0.448. The van der Waals surface area contributed by atoms with Gasteiger partial charge < -0.3 is 5.32 Å². The van der Waals surface area contributed by atoms with Crippen molar-refractivity contribution < 1.29 is 0 Å². The fourth-order valence-electron chi connectivity index (χ4n) is 3.56. The molecule has 2 rings (SSSR count). The van der Waals surface area contributed by atoms with Gasteiger partial charge in [0.05, 0.1) is 11.7 Å². The third kappa shape index (κ3) is 3.85. The van der Waals surface area contributed by atoms with E-state index in [1.807, 2.05) is 11.7 Å². The predicted molar refractivity (Wildman–Crippen MR) is 84.5 cm³/mol. The highest BCUT2D eigenvalue weighted by molar-refractivity contribution is 5.07. The van der Waals surface area contributed by atoms with Gasteiger partial charge in [-0.25, -0.2) is 0 Å². The molecule has 1 aromatic rings. The van der Waals surface area contributed by atoms with Gasteiger partial charge in [-0.1, -0.05) is 20.8 Å². The van der Waals surface area contributed by atoms with Crippen LogP contribution in [0.25, 0.3) is 0 Å². The maximum atomic E-state index is 4.65. The van der Waals surface area contributed by atoms with Gasteiger partial charge in [-0.05, 0) is 62.5 Å². The van der Waals surface area contributed by atoms with Crippen LogP contribution in [0.15, 0.2) is 12.3 Å². The molecule has 1 aliphatic rings. The van der Waals surface area contributed by atoms with Crippen molar-refractivity contribution in [3.8, 4) is 0 Å². The second kappa shape index (κ2) is 7.26. The molecule has 1 aliphatic carbocycles. The summed E-state index contributed by atoms with van der Waals surface area (Å²) in [7, 11) is 2.01. The van der Waals surface area contributed by atoms with Crippen LogP contribution in [0.4, 0.5) is 0 Å². The van der Waals surface area contributed by atoms with Crippen LogP contribution >= 0.6 is 0 Å². The van der Waals surface area contributed by atoms with Crippen LogP contribution < -0.4 is 5.32 Å². The Morgan fingerprint density at radius 2 is 1.90 bits per heavy atom. The quantitative estimate of drug-likeness (QED) is 0.854. The normalized spacial score (nSPS) is 25.1. The van der Waals surface area contributed by atoms with Crippen molar-refractivity contribution in [3.05, 3.63) is 18.0 Å². The van der Waals surface area contributed by atoms with Crippen LogP contribution in [0.1, 0.15) is 64.6 Å². The number of nitrogens with zero attached hydrogens (tertiary/aromatic N) is 2. The van der Waals surface area contributed by atoms with Crippen LogP contribution in [0.3, 0.4) is 0 Å². The van der Waals surface area contributed by atoms with Crippen molar-refractivity contribution in [1.82, 2.24) is 15.1 Å². The number of nitrogens with one attached hydrogen (secondary N) is 1. The molecule has 1 unspecified atom stereocenters. The Balaban J connectivity index is 2.01. The smallest absolute Gasteiger partial charge is 0.0796 e. The van der Waals surface area contributed by atoms with Gasteiger partial charge in [-0.15, -0.1) is 0 Å². The lowest BCUT2D eigenvalue weighted by Crippen LogP contribution is -2.32. The van der Waals surface area contributed by atoms with Crippen LogP contribution in [0, 0.1) is 17.8 Å². The Labute approximate surface area is 124 Å². The van der Waals surface area contributed by atoms with Crippen molar-refractivity contribution in [2.75, 3.05) is 6.54 Å². The lowest BCUT2D eigenvalue weighted by molar-refractivity contribution is 0.187. The molecule has 0 saturated heterocycles. The third-order valence-corrected chi connectivity index (χ3v) is 4.90. The van der Waals surface area contributed by atoms with Gasteiger partial charge >= 0.3 is 0 Å². The summed E-state index contributed by atoms with van der Waals surface area (Å²) in [4.78, 5) is 0. The summed E-state index contributed by atoms with van der Waals surface area (Å²) in [6, 6.07) is 2.63. The topological polar surface area (TPSA) is 29.9 Å². The van der Waals surface area contributed by atoms with E-state index >= 15 is 0 Å². The molecule has 1 N–H and O–H groups in total. The van der Waals surface area contributed by atoms with E-state index in [1.165, 1.54) is 37.8 Å². The molecular formula is C17H31N3. The van der Waals surface area contributed by atoms with E-state index < -0.39 is 0 Å². The van der Waals surface area contributed by atoms with Crippen molar-refractivity contribution >= 4 is 0 Å². The number of hydrogen-bond donors (Lipinski definition) is 1. The average molecular weight is 277 g/mol. The summed E-state index contributed by atoms with van der Waals surface area (Å²) in [5.41, 5.74) is 1.23. The van der Waals surface area contributed by atoms with Crippen LogP contribution in [-0.2, 0) is 7.05 Å². The van der Waals surface area contributed by atoms with E-state index in [-0.39, 0.29) is 0 Å². The molecule has 0 spiro atoms. The van der Waals surface area contributed by atoms with Gasteiger partial charge in [-0.2, -0.15) is 5.10 Å². The fraction of sp³-hybridized carbons (Fsp3) is 0.824. The van der Waals surface area contributed by atoms with Gasteiger partial charge in [0, 0.05) is 13.2 Å². The molecule has 0 radical (unpaired) electrons. The number of aryl methyl sites for hydroxylation is 1. The molecule has 20 heavy (non-hydrogen) atoms. The van der Waals surface area contributed by atoms with Crippen molar-refractivity contribution in [2.24, 2.45) is 24.8 Å². The van der Waals surface area contributed by atoms with Gasteiger partial charge in [0.25, 0.3) is 0 Å². The molecule has 0 bridgehead atoms. The summed E-state index contributed by atoms with van der Waals surface area (Å²) >= 11 is 0. The number of hydrogen-bond acceptors (Lipinski definition) is 2. The Hall–Kier alpha value is -0.830. The first-order valence-corrected chi connectivity index (χ1v) is 8.34. The Kier molecular flexibility index (Phi) is 5.64. The molecule has 0 aliphatic heterocycles. The van der Waals surface area contributed by atoms with E-state index in [0.29, 0.717) is 6.04 Å². The minimum absolute atomic E-state index is 0.448. The molecule has 3 heteroatoms. The van der Waals surface area contributed by atoms with Crippen molar-refractivity contribution in [3.63, 3.8) is 0 Å². The number of rotatable bonds is 6. The zero-order chi connectivity index (χ0) is 14.5. The molecule has 1 aromatic heterocycles. The van der Waals surface area contributed by atoms with Crippen molar-refractivity contribution in [2.45, 2.75) is 58.9 Å². The first-order chi connectivity index (χ1) is 9.61. The molecule has 0 aromatic carbocycles. The Bertz CT molecular complexity index is 389. The molecular weight excluding hydrogens is 246 g/mol. The lowest BCUT2D eigenvalue weighted by Gasteiger charge is -2.35. The second-order valence-electron chi connectivity index (χ2n) is 6.76. The molecule has 1 atom stereocenters. The maximum Gasteiger partial charge on any atom is 0.0796 e. The van der Waals surface area contributed by atoms with E-state index in [2.05, 4.69) is 43.4 Å². The van der Waals surface area contributed by atoms with E-state index in [0.717, 1.165) is 24.3 Å². The standard InChI is InChI=1S/C17H31N3/c1-5-11-18-17(16-10-12-20(4)19-16)15-8-6-14(7-9-15)13(2)3/h10,12-15,17-18H,5-9,11H2,1-4H3. The lowest BCUT2D eigenvalue weighted by atomic mass is 9.74. The first-order valence-electron chi connectivity index (χ1n) is 8.34. The fourth-order valence-corrected chi connectivity index (χ4v) is 3.56. The summed E-state index contributed by atoms with van der Waals surface area (Å²) in [5, 5.41) is 8.38. The van der Waals surface area contributed by atoms with Crippen LogP contribution in [-0.4, -0.2) is 16.3 Å².